The van der Waals surface area contributed by atoms with Gasteiger partial charge in [-0.25, -0.2) is 18.7 Å². The Morgan fingerprint density at radius 1 is 1.29 bits per heavy atom. The van der Waals surface area contributed by atoms with Gasteiger partial charge in [0.2, 0.25) is 0 Å². The average Bonchev–Trinajstić information content (AvgIpc) is 2.37. The maximum Gasteiger partial charge on any atom is 0.187 e. The van der Waals surface area contributed by atoms with Crippen LogP contribution in [0.1, 0.15) is 17.3 Å². The van der Waals surface area contributed by atoms with Gasteiger partial charge in [-0.05, 0) is 46.3 Å². The molecule has 0 aliphatic heterocycles. The quantitative estimate of drug-likeness (QED) is 0.629. The van der Waals surface area contributed by atoms with Crippen LogP contribution in [-0.4, -0.2) is 16.2 Å². The molecule has 3 nitrogen and oxygen atoms in total. The SMILES string of the molecule is CSc1ncc(Br)c([C@@H](N)Cc2cc(F)cc(F)c2)n1.Cl. The van der Waals surface area contributed by atoms with Gasteiger partial charge in [0.25, 0.3) is 0 Å². The van der Waals surface area contributed by atoms with Crippen LogP contribution in [0.15, 0.2) is 34.0 Å². The highest BCUT2D eigenvalue weighted by Crippen LogP contribution is 2.24. The van der Waals surface area contributed by atoms with Crippen LogP contribution in [-0.2, 0) is 6.42 Å². The summed E-state index contributed by atoms with van der Waals surface area (Å²) in [7, 11) is 0. The largest absolute Gasteiger partial charge is 0.322 e. The van der Waals surface area contributed by atoms with Crippen LogP contribution in [0.5, 0.6) is 0 Å². The van der Waals surface area contributed by atoms with Crippen LogP contribution in [0.3, 0.4) is 0 Å². The first-order chi connectivity index (χ1) is 9.49. The summed E-state index contributed by atoms with van der Waals surface area (Å²) in [6.45, 7) is 0. The lowest BCUT2D eigenvalue weighted by Gasteiger charge is -2.13. The summed E-state index contributed by atoms with van der Waals surface area (Å²) in [4.78, 5) is 8.43. The van der Waals surface area contributed by atoms with Crippen molar-refractivity contribution >= 4 is 40.1 Å². The molecule has 1 atom stereocenters. The smallest absolute Gasteiger partial charge is 0.187 e. The zero-order valence-corrected chi connectivity index (χ0v) is 14.2. The summed E-state index contributed by atoms with van der Waals surface area (Å²) in [5.41, 5.74) is 7.19. The Kier molecular flexibility index (Phi) is 6.99. The van der Waals surface area contributed by atoms with E-state index >= 15 is 0 Å². The minimum Gasteiger partial charge on any atom is -0.322 e. The van der Waals surface area contributed by atoms with Gasteiger partial charge < -0.3 is 5.73 Å². The molecule has 114 valence electrons. The Labute approximate surface area is 140 Å². The van der Waals surface area contributed by atoms with E-state index in [2.05, 4.69) is 25.9 Å². The van der Waals surface area contributed by atoms with Crippen molar-refractivity contribution in [3.05, 3.63) is 51.8 Å². The number of aromatic nitrogens is 2. The summed E-state index contributed by atoms with van der Waals surface area (Å²) in [6.07, 6.45) is 3.78. The Morgan fingerprint density at radius 3 is 2.48 bits per heavy atom. The Hall–Kier alpha value is -0.760. The third-order valence-electron chi connectivity index (χ3n) is 2.66. The minimum absolute atomic E-state index is 0. The van der Waals surface area contributed by atoms with Gasteiger partial charge >= 0.3 is 0 Å². The summed E-state index contributed by atoms with van der Waals surface area (Å²) in [6, 6.07) is 2.90. The molecule has 21 heavy (non-hydrogen) atoms. The number of nitrogens with two attached hydrogens (primary N) is 1. The van der Waals surface area contributed by atoms with Crippen LogP contribution in [0.4, 0.5) is 8.78 Å². The van der Waals surface area contributed by atoms with Crippen molar-refractivity contribution in [1.29, 1.82) is 0 Å². The number of hydrogen-bond donors (Lipinski definition) is 1. The molecule has 0 spiro atoms. The Balaban J connectivity index is 0.00000220. The molecule has 2 N–H and O–H groups in total. The predicted octanol–water partition coefficient (Wildman–Crippen LogP) is 3.90. The lowest BCUT2D eigenvalue weighted by molar-refractivity contribution is 0.575. The standard InChI is InChI=1S/C13H12BrF2N3S.ClH/c1-20-13-18-6-10(14)12(19-13)11(17)4-7-2-8(15)5-9(16)3-7;/h2-3,5-6,11H,4,17H2,1H3;1H/t11-;/m0./s1. The van der Waals surface area contributed by atoms with Gasteiger partial charge in [-0.3, -0.25) is 0 Å². The number of hydrogen-bond acceptors (Lipinski definition) is 4. The summed E-state index contributed by atoms with van der Waals surface area (Å²) in [5, 5.41) is 0.601. The van der Waals surface area contributed by atoms with E-state index in [0.29, 0.717) is 20.9 Å². The summed E-state index contributed by atoms with van der Waals surface area (Å²) < 4.78 is 27.0. The molecule has 8 heteroatoms. The van der Waals surface area contributed by atoms with Crippen molar-refractivity contribution in [2.75, 3.05) is 6.26 Å². The van der Waals surface area contributed by atoms with Gasteiger partial charge in [-0.1, -0.05) is 11.8 Å². The third-order valence-corrected chi connectivity index (χ3v) is 3.83. The summed E-state index contributed by atoms with van der Waals surface area (Å²) >= 11 is 4.74. The molecule has 0 bridgehead atoms. The molecule has 2 rings (SSSR count). The lowest BCUT2D eigenvalue weighted by Crippen LogP contribution is -2.16. The predicted molar refractivity (Wildman–Crippen MR) is 85.8 cm³/mol. The van der Waals surface area contributed by atoms with E-state index in [-0.39, 0.29) is 18.8 Å². The first-order valence-electron chi connectivity index (χ1n) is 5.76. The molecule has 0 saturated heterocycles. The van der Waals surface area contributed by atoms with Crippen LogP contribution >= 0.6 is 40.1 Å². The Morgan fingerprint density at radius 2 is 1.90 bits per heavy atom. The molecular formula is C13H13BrClF2N3S. The molecule has 0 saturated carbocycles. The zero-order valence-electron chi connectivity index (χ0n) is 11.0. The van der Waals surface area contributed by atoms with Gasteiger partial charge in [0.05, 0.1) is 16.2 Å². The highest BCUT2D eigenvalue weighted by atomic mass is 79.9. The number of nitrogens with zero attached hydrogens (tertiary/aromatic N) is 2. The van der Waals surface area contributed by atoms with Crippen molar-refractivity contribution in [3.63, 3.8) is 0 Å². The van der Waals surface area contributed by atoms with Gasteiger partial charge in [0, 0.05) is 12.3 Å². The highest BCUT2D eigenvalue weighted by Gasteiger charge is 2.15. The van der Waals surface area contributed by atoms with E-state index in [9.17, 15) is 8.78 Å². The monoisotopic (exact) mass is 395 g/mol. The molecule has 2 aromatic rings. The van der Waals surface area contributed by atoms with Crippen LogP contribution in [0.2, 0.25) is 0 Å². The van der Waals surface area contributed by atoms with Gasteiger partial charge in [0.15, 0.2) is 5.16 Å². The van der Waals surface area contributed by atoms with Crippen LogP contribution < -0.4 is 5.73 Å². The van der Waals surface area contributed by atoms with E-state index in [1.54, 1.807) is 6.20 Å². The first kappa shape index (κ1) is 18.3. The van der Waals surface area contributed by atoms with Gasteiger partial charge in [-0.15, -0.1) is 12.4 Å². The van der Waals surface area contributed by atoms with E-state index in [1.165, 1.54) is 23.9 Å². The van der Waals surface area contributed by atoms with Crippen molar-refractivity contribution in [1.82, 2.24) is 9.97 Å². The molecule has 0 fully saturated rings. The third kappa shape index (κ3) is 4.88. The van der Waals surface area contributed by atoms with Crippen molar-refractivity contribution in [3.8, 4) is 0 Å². The topological polar surface area (TPSA) is 51.8 Å². The lowest BCUT2D eigenvalue weighted by atomic mass is 10.0. The van der Waals surface area contributed by atoms with Gasteiger partial charge in [-0.2, -0.15) is 0 Å². The molecular weight excluding hydrogens is 384 g/mol. The molecule has 0 radical (unpaired) electrons. The first-order valence-corrected chi connectivity index (χ1v) is 7.78. The fourth-order valence-electron chi connectivity index (χ4n) is 1.80. The molecule has 1 aromatic heterocycles. The number of rotatable bonds is 4. The van der Waals surface area contributed by atoms with Gasteiger partial charge in [0.1, 0.15) is 11.6 Å². The van der Waals surface area contributed by atoms with Crippen molar-refractivity contribution in [2.45, 2.75) is 17.6 Å². The second-order valence-corrected chi connectivity index (χ2v) is 5.81. The highest BCUT2D eigenvalue weighted by molar-refractivity contribution is 9.10. The average molecular weight is 397 g/mol. The number of halogens is 4. The van der Waals surface area contributed by atoms with E-state index < -0.39 is 17.7 Å². The number of benzene rings is 1. The molecule has 1 aromatic carbocycles. The maximum absolute atomic E-state index is 13.2. The molecule has 1 heterocycles. The van der Waals surface area contributed by atoms with Crippen molar-refractivity contribution in [2.24, 2.45) is 5.73 Å². The Bertz CT molecular complexity index is 610. The fraction of sp³-hybridized carbons (Fsp3) is 0.231. The second-order valence-electron chi connectivity index (χ2n) is 4.18. The minimum atomic E-state index is -0.612. The number of thioether (sulfide) groups is 1. The zero-order chi connectivity index (χ0) is 14.7. The molecule has 0 aliphatic carbocycles. The second kappa shape index (κ2) is 8.03. The summed E-state index contributed by atoms with van der Waals surface area (Å²) in [5.74, 6) is -1.22. The molecule has 0 amide bonds. The van der Waals surface area contributed by atoms with Crippen LogP contribution in [0, 0.1) is 11.6 Å². The van der Waals surface area contributed by atoms with Crippen LogP contribution in [0.25, 0.3) is 0 Å². The normalized spacial score (nSPS) is 11.9. The molecule has 0 unspecified atom stereocenters. The van der Waals surface area contributed by atoms with E-state index in [4.69, 9.17) is 5.73 Å². The van der Waals surface area contributed by atoms with E-state index in [1.807, 2.05) is 6.26 Å². The maximum atomic E-state index is 13.2. The van der Waals surface area contributed by atoms with E-state index in [0.717, 1.165) is 6.07 Å². The van der Waals surface area contributed by atoms with Crippen molar-refractivity contribution < 1.29 is 8.78 Å². The molecule has 0 aliphatic rings. The fourth-order valence-corrected chi connectivity index (χ4v) is 2.63.